The standard InChI is InChI=1S/C21H27N3O3/c25-19(15-26-17-11-5-2-6-12-17)24-14-8-7-13-18(24)20-22-21(27-23-20)16-9-3-1-4-10-16/h2,5-6,11-12,16,18H,1,3-4,7-10,13-15H2/t18-/m1/s1. The van der Waals surface area contributed by atoms with Crippen molar-refractivity contribution in [2.45, 2.75) is 63.3 Å². The van der Waals surface area contributed by atoms with Gasteiger partial charge >= 0.3 is 0 Å². The first-order chi connectivity index (χ1) is 13.3. The van der Waals surface area contributed by atoms with Gasteiger partial charge in [-0.25, -0.2) is 0 Å². The molecule has 2 fully saturated rings. The predicted molar refractivity (Wildman–Crippen MR) is 100 cm³/mol. The molecule has 0 spiro atoms. The lowest BCUT2D eigenvalue weighted by atomic mass is 9.89. The third kappa shape index (κ3) is 4.31. The summed E-state index contributed by atoms with van der Waals surface area (Å²) in [7, 11) is 0. The van der Waals surface area contributed by atoms with Gasteiger partial charge in [0.15, 0.2) is 12.4 Å². The number of hydrogen-bond acceptors (Lipinski definition) is 5. The molecule has 4 rings (SSSR count). The lowest BCUT2D eigenvalue weighted by molar-refractivity contribution is -0.137. The molecule has 1 aliphatic carbocycles. The van der Waals surface area contributed by atoms with E-state index in [0.717, 1.165) is 44.5 Å². The zero-order valence-corrected chi connectivity index (χ0v) is 15.7. The normalized spacial score (nSPS) is 21.2. The smallest absolute Gasteiger partial charge is 0.261 e. The van der Waals surface area contributed by atoms with E-state index in [4.69, 9.17) is 14.2 Å². The van der Waals surface area contributed by atoms with Crippen molar-refractivity contribution in [3.8, 4) is 5.75 Å². The molecule has 0 radical (unpaired) electrons. The van der Waals surface area contributed by atoms with Crippen molar-refractivity contribution in [1.82, 2.24) is 15.0 Å². The topological polar surface area (TPSA) is 68.5 Å². The van der Waals surface area contributed by atoms with Crippen LogP contribution in [0, 0.1) is 0 Å². The molecule has 144 valence electrons. The number of amides is 1. The van der Waals surface area contributed by atoms with E-state index in [0.29, 0.717) is 17.5 Å². The van der Waals surface area contributed by atoms with Crippen molar-refractivity contribution in [3.05, 3.63) is 42.0 Å². The van der Waals surface area contributed by atoms with E-state index >= 15 is 0 Å². The maximum Gasteiger partial charge on any atom is 0.261 e. The van der Waals surface area contributed by atoms with Gasteiger partial charge in [0.2, 0.25) is 5.89 Å². The van der Waals surface area contributed by atoms with Crippen LogP contribution in [0.15, 0.2) is 34.9 Å². The monoisotopic (exact) mass is 369 g/mol. The van der Waals surface area contributed by atoms with E-state index in [2.05, 4.69) is 5.16 Å². The summed E-state index contributed by atoms with van der Waals surface area (Å²) in [5.41, 5.74) is 0. The molecule has 0 unspecified atom stereocenters. The zero-order valence-electron chi connectivity index (χ0n) is 15.7. The summed E-state index contributed by atoms with van der Waals surface area (Å²) in [4.78, 5) is 19.3. The van der Waals surface area contributed by atoms with E-state index < -0.39 is 0 Å². The van der Waals surface area contributed by atoms with E-state index in [1.54, 1.807) is 0 Å². The average Bonchev–Trinajstić information content (AvgIpc) is 3.23. The van der Waals surface area contributed by atoms with Gasteiger partial charge in [-0.1, -0.05) is 42.6 Å². The highest BCUT2D eigenvalue weighted by Gasteiger charge is 2.32. The average molecular weight is 369 g/mol. The first kappa shape index (κ1) is 18.0. The summed E-state index contributed by atoms with van der Waals surface area (Å²) in [5.74, 6) is 2.48. The van der Waals surface area contributed by atoms with Crippen LogP contribution < -0.4 is 4.74 Å². The molecule has 2 aromatic rings. The van der Waals surface area contributed by atoms with Crippen molar-refractivity contribution in [3.63, 3.8) is 0 Å². The Morgan fingerprint density at radius 2 is 1.85 bits per heavy atom. The number of rotatable bonds is 5. The van der Waals surface area contributed by atoms with Crippen LogP contribution in [0.4, 0.5) is 0 Å². The number of carbonyl (C=O) groups is 1. The maximum absolute atomic E-state index is 12.8. The summed E-state index contributed by atoms with van der Waals surface area (Å²) in [5, 5.41) is 4.25. The predicted octanol–water partition coefficient (Wildman–Crippen LogP) is 4.25. The van der Waals surface area contributed by atoms with Gasteiger partial charge in [-0.05, 0) is 44.2 Å². The van der Waals surface area contributed by atoms with Crippen LogP contribution in [-0.2, 0) is 4.79 Å². The number of benzene rings is 1. The minimum Gasteiger partial charge on any atom is -0.484 e. The first-order valence-electron chi connectivity index (χ1n) is 10.1. The van der Waals surface area contributed by atoms with Gasteiger partial charge in [-0.15, -0.1) is 0 Å². The Morgan fingerprint density at radius 1 is 1.07 bits per heavy atom. The molecule has 0 N–H and O–H groups in total. The molecule has 1 aromatic carbocycles. The van der Waals surface area contributed by atoms with Gasteiger partial charge in [0.1, 0.15) is 5.75 Å². The number of piperidine rings is 1. The molecule has 27 heavy (non-hydrogen) atoms. The van der Waals surface area contributed by atoms with Gasteiger partial charge in [0.05, 0.1) is 6.04 Å². The Balaban J connectivity index is 1.42. The number of nitrogens with zero attached hydrogens (tertiary/aromatic N) is 3. The fraction of sp³-hybridized carbons (Fsp3) is 0.571. The molecule has 0 bridgehead atoms. The quantitative estimate of drug-likeness (QED) is 0.788. The van der Waals surface area contributed by atoms with E-state index in [-0.39, 0.29) is 18.6 Å². The number of hydrogen-bond donors (Lipinski definition) is 0. The molecule has 6 heteroatoms. The van der Waals surface area contributed by atoms with Gasteiger partial charge in [-0.3, -0.25) is 4.79 Å². The second kappa shape index (κ2) is 8.55. The van der Waals surface area contributed by atoms with E-state index in [9.17, 15) is 4.79 Å². The minimum absolute atomic E-state index is 0.0208. The molecule has 1 aliphatic heterocycles. The summed E-state index contributed by atoms with van der Waals surface area (Å²) in [6.07, 6.45) is 8.95. The molecule has 1 amide bonds. The van der Waals surface area contributed by atoms with Crippen molar-refractivity contribution in [1.29, 1.82) is 0 Å². The molecule has 2 aliphatic rings. The Hall–Kier alpha value is -2.37. The molecule has 1 aromatic heterocycles. The molecule has 2 heterocycles. The van der Waals surface area contributed by atoms with Crippen molar-refractivity contribution >= 4 is 5.91 Å². The fourth-order valence-corrected chi connectivity index (χ4v) is 4.14. The highest BCUT2D eigenvalue weighted by Crippen LogP contribution is 2.34. The van der Waals surface area contributed by atoms with Crippen LogP contribution in [0.2, 0.25) is 0 Å². The lowest BCUT2D eigenvalue weighted by Crippen LogP contribution is -2.41. The van der Waals surface area contributed by atoms with Crippen molar-refractivity contribution < 1.29 is 14.1 Å². The van der Waals surface area contributed by atoms with Crippen LogP contribution in [0.1, 0.15) is 75.0 Å². The fourth-order valence-electron chi connectivity index (χ4n) is 4.14. The summed E-state index contributed by atoms with van der Waals surface area (Å²) in [6.45, 7) is 0.753. The third-order valence-corrected chi connectivity index (χ3v) is 5.64. The molecule has 6 nitrogen and oxygen atoms in total. The summed E-state index contributed by atoms with van der Waals surface area (Å²) >= 11 is 0. The number of carbonyl (C=O) groups excluding carboxylic acids is 1. The van der Waals surface area contributed by atoms with Crippen LogP contribution >= 0.6 is 0 Å². The lowest BCUT2D eigenvalue weighted by Gasteiger charge is -2.33. The van der Waals surface area contributed by atoms with Crippen LogP contribution in [0.3, 0.4) is 0 Å². The van der Waals surface area contributed by atoms with Gasteiger partial charge in [0.25, 0.3) is 5.91 Å². The second-order valence-corrected chi connectivity index (χ2v) is 7.53. The third-order valence-electron chi connectivity index (χ3n) is 5.64. The van der Waals surface area contributed by atoms with Gasteiger partial charge in [0, 0.05) is 12.5 Å². The number of para-hydroxylation sites is 1. The molecule has 1 atom stereocenters. The zero-order chi connectivity index (χ0) is 18.5. The van der Waals surface area contributed by atoms with E-state index in [1.807, 2.05) is 35.2 Å². The van der Waals surface area contributed by atoms with Crippen molar-refractivity contribution in [2.24, 2.45) is 0 Å². The van der Waals surface area contributed by atoms with Crippen LogP contribution in [0.5, 0.6) is 5.75 Å². The Kier molecular flexibility index (Phi) is 5.70. The highest BCUT2D eigenvalue weighted by atomic mass is 16.5. The van der Waals surface area contributed by atoms with E-state index in [1.165, 1.54) is 19.3 Å². The Bertz CT molecular complexity index is 740. The SMILES string of the molecule is O=C(COc1ccccc1)N1CCCC[C@@H]1c1noc(C2CCCCC2)n1. The summed E-state index contributed by atoms with van der Waals surface area (Å²) < 4.78 is 11.2. The highest BCUT2D eigenvalue weighted by molar-refractivity contribution is 5.78. The molecular weight excluding hydrogens is 342 g/mol. The minimum atomic E-state index is -0.105. The Morgan fingerprint density at radius 3 is 2.67 bits per heavy atom. The second-order valence-electron chi connectivity index (χ2n) is 7.53. The first-order valence-corrected chi connectivity index (χ1v) is 10.1. The molecular formula is C21H27N3O3. The summed E-state index contributed by atoms with van der Waals surface area (Å²) in [6, 6.07) is 9.33. The van der Waals surface area contributed by atoms with Crippen LogP contribution in [-0.4, -0.2) is 34.1 Å². The number of aromatic nitrogens is 2. The van der Waals surface area contributed by atoms with Gasteiger partial charge < -0.3 is 14.2 Å². The molecule has 1 saturated heterocycles. The number of likely N-dealkylation sites (tertiary alicyclic amines) is 1. The maximum atomic E-state index is 12.8. The molecule has 1 saturated carbocycles. The van der Waals surface area contributed by atoms with Crippen LogP contribution in [0.25, 0.3) is 0 Å². The van der Waals surface area contributed by atoms with Gasteiger partial charge in [-0.2, -0.15) is 4.98 Å². The number of ether oxygens (including phenoxy) is 1. The largest absolute Gasteiger partial charge is 0.484 e. The van der Waals surface area contributed by atoms with Crippen molar-refractivity contribution in [2.75, 3.05) is 13.2 Å². The Labute approximate surface area is 159 Å².